The smallest absolute Gasteiger partial charge is 0.343 e. The molecule has 1 saturated carbocycles. The van der Waals surface area contributed by atoms with Gasteiger partial charge in [-0.15, -0.1) is 0 Å². The number of rotatable bonds is 5. The molecule has 0 aromatic carbocycles. The van der Waals surface area contributed by atoms with E-state index in [2.05, 4.69) is 9.98 Å². The quantitative estimate of drug-likeness (QED) is 0.298. The van der Waals surface area contributed by atoms with Crippen LogP contribution in [0.1, 0.15) is 25.3 Å². The maximum Gasteiger partial charge on any atom is 0.343 e. The van der Waals surface area contributed by atoms with Gasteiger partial charge >= 0.3 is 5.97 Å². The molecule has 0 spiro atoms. The Morgan fingerprint density at radius 3 is 3.00 bits per heavy atom. The van der Waals surface area contributed by atoms with Gasteiger partial charge in [0.15, 0.2) is 0 Å². The van der Waals surface area contributed by atoms with E-state index in [4.69, 9.17) is 16.3 Å². The molecular weight excluding hydrogens is 280 g/mol. The highest BCUT2D eigenvalue weighted by Gasteiger charge is 2.22. The summed E-state index contributed by atoms with van der Waals surface area (Å²) in [5.41, 5.74) is 0.271. The molecule has 0 unspecified atom stereocenters. The molecular formula is C14H15ClN2O3. The lowest BCUT2D eigenvalue weighted by molar-refractivity contribution is -0.137. The lowest BCUT2D eigenvalue weighted by Gasteiger charge is -2.07. The molecule has 0 saturated heterocycles. The van der Waals surface area contributed by atoms with E-state index in [-0.39, 0.29) is 34.7 Å². The highest BCUT2D eigenvalue weighted by Crippen LogP contribution is 2.25. The first-order valence-electron chi connectivity index (χ1n) is 6.38. The van der Waals surface area contributed by atoms with Crippen molar-refractivity contribution in [3.63, 3.8) is 0 Å². The van der Waals surface area contributed by atoms with Crippen LogP contribution in [0.15, 0.2) is 28.9 Å². The molecule has 6 heteroatoms. The number of hydrogen-bond donors (Lipinski definition) is 1. The van der Waals surface area contributed by atoms with Gasteiger partial charge in [0.25, 0.3) is 0 Å². The van der Waals surface area contributed by atoms with Gasteiger partial charge in [0.2, 0.25) is 0 Å². The Kier molecular flexibility index (Phi) is 4.74. The van der Waals surface area contributed by atoms with Crippen molar-refractivity contribution in [2.45, 2.75) is 25.8 Å². The predicted octanol–water partition coefficient (Wildman–Crippen LogP) is 2.80. The van der Waals surface area contributed by atoms with E-state index in [1.165, 1.54) is 12.4 Å². The average molecular weight is 295 g/mol. The number of halogens is 1. The second-order valence-electron chi connectivity index (χ2n) is 4.33. The summed E-state index contributed by atoms with van der Waals surface area (Å²) < 4.78 is 4.93. The normalized spacial score (nSPS) is 16.1. The third kappa shape index (κ3) is 3.57. The van der Waals surface area contributed by atoms with E-state index >= 15 is 0 Å². The number of pyridine rings is 1. The van der Waals surface area contributed by atoms with Crippen molar-refractivity contribution in [3.8, 4) is 0 Å². The van der Waals surface area contributed by atoms with Gasteiger partial charge in [0, 0.05) is 12.4 Å². The van der Waals surface area contributed by atoms with Gasteiger partial charge in [-0.25, -0.2) is 9.78 Å². The zero-order chi connectivity index (χ0) is 14.5. The molecule has 1 aromatic rings. The third-order valence-corrected chi connectivity index (χ3v) is 3.03. The van der Waals surface area contributed by atoms with Gasteiger partial charge in [-0.3, -0.25) is 4.99 Å². The molecule has 0 aliphatic heterocycles. The number of carbonyl (C=O) groups excluding carboxylic acids is 1. The van der Waals surface area contributed by atoms with Crippen molar-refractivity contribution >= 4 is 29.5 Å². The number of aliphatic hydroxyl groups excluding tert-OH is 1. The monoisotopic (exact) mass is 294 g/mol. The van der Waals surface area contributed by atoms with Crippen LogP contribution >= 0.6 is 11.6 Å². The van der Waals surface area contributed by atoms with E-state index in [0.29, 0.717) is 0 Å². The molecule has 0 atom stereocenters. The molecule has 1 aliphatic carbocycles. The lowest BCUT2D eigenvalue weighted by atomic mass is 10.1. The van der Waals surface area contributed by atoms with E-state index < -0.39 is 5.97 Å². The second kappa shape index (κ2) is 6.52. The van der Waals surface area contributed by atoms with Crippen LogP contribution in [0.4, 0.5) is 0 Å². The number of carbonyl (C=O) groups is 1. The fourth-order valence-corrected chi connectivity index (χ4v) is 1.74. The molecule has 2 rings (SSSR count). The molecule has 5 nitrogen and oxygen atoms in total. The summed E-state index contributed by atoms with van der Waals surface area (Å²) >= 11 is 5.92. The minimum Gasteiger partial charge on any atom is -0.506 e. The van der Waals surface area contributed by atoms with Crippen LogP contribution < -0.4 is 0 Å². The van der Waals surface area contributed by atoms with E-state index in [1.54, 1.807) is 19.1 Å². The van der Waals surface area contributed by atoms with Crippen LogP contribution in [0, 0.1) is 0 Å². The molecule has 20 heavy (non-hydrogen) atoms. The van der Waals surface area contributed by atoms with Gasteiger partial charge < -0.3 is 9.84 Å². The van der Waals surface area contributed by atoms with E-state index in [0.717, 1.165) is 12.8 Å². The van der Waals surface area contributed by atoms with Crippen molar-refractivity contribution in [3.05, 3.63) is 34.6 Å². The average Bonchev–Trinajstić information content (AvgIpc) is 3.23. The fraction of sp³-hybridized carbons (Fsp3) is 0.357. The van der Waals surface area contributed by atoms with Gasteiger partial charge in [-0.05, 0) is 31.9 Å². The zero-order valence-corrected chi connectivity index (χ0v) is 11.8. The molecule has 1 heterocycles. The minimum absolute atomic E-state index is 0.00588. The Morgan fingerprint density at radius 1 is 1.65 bits per heavy atom. The number of hydrogen-bond acceptors (Lipinski definition) is 5. The van der Waals surface area contributed by atoms with E-state index in [9.17, 15) is 9.90 Å². The molecule has 0 amide bonds. The maximum atomic E-state index is 11.9. The highest BCUT2D eigenvalue weighted by molar-refractivity contribution is 6.31. The maximum absolute atomic E-state index is 11.9. The first kappa shape index (κ1) is 14.5. The largest absolute Gasteiger partial charge is 0.506 e. The van der Waals surface area contributed by atoms with Gasteiger partial charge in [-0.1, -0.05) is 11.6 Å². The molecule has 1 aliphatic rings. The Hall–Kier alpha value is -1.88. The molecule has 1 N–H and O–H groups in total. The van der Waals surface area contributed by atoms with Crippen LogP contribution in [0.3, 0.4) is 0 Å². The summed E-state index contributed by atoms with van der Waals surface area (Å²) in [5, 5.41) is 10.4. The summed E-state index contributed by atoms with van der Waals surface area (Å²) in [6.07, 6.45) is 4.86. The number of aliphatic imine (C=N–C) groups is 1. The standard InChI is InChI=1S/C14H15ClN2O3/c1-2-20-14(19)11(8-17-9-5-6-9)12(18)10-4-3-7-16-13(10)15/h3-4,7-9,18H,2,5-6H2,1H3/b12-11+,17-8?. The number of aromatic nitrogens is 1. The Labute approximate surface area is 122 Å². The van der Waals surface area contributed by atoms with Gasteiger partial charge in [0.1, 0.15) is 16.5 Å². The molecule has 106 valence electrons. The predicted molar refractivity (Wildman–Crippen MR) is 76.9 cm³/mol. The van der Waals surface area contributed by atoms with Crippen LogP contribution in [0.2, 0.25) is 5.15 Å². The van der Waals surface area contributed by atoms with Gasteiger partial charge in [-0.2, -0.15) is 0 Å². The van der Waals surface area contributed by atoms with E-state index in [1.807, 2.05) is 0 Å². The Balaban J connectivity index is 2.38. The SMILES string of the molecule is CCOC(=O)/C(C=NC1CC1)=C(/O)c1cccnc1Cl. The number of ether oxygens (including phenoxy) is 1. The van der Waals surface area contributed by atoms with Crippen LogP contribution in [-0.4, -0.2) is 34.9 Å². The van der Waals surface area contributed by atoms with Crippen LogP contribution in [0.5, 0.6) is 0 Å². The minimum atomic E-state index is -0.630. The van der Waals surface area contributed by atoms with Crippen LogP contribution in [0.25, 0.3) is 5.76 Å². The van der Waals surface area contributed by atoms with Crippen molar-refractivity contribution in [1.29, 1.82) is 0 Å². The lowest BCUT2D eigenvalue weighted by Crippen LogP contribution is -2.12. The molecule has 1 fully saturated rings. The molecule has 1 aromatic heterocycles. The summed E-state index contributed by atoms with van der Waals surface area (Å²) in [4.78, 5) is 20.0. The van der Waals surface area contributed by atoms with Crippen molar-refractivity contribution < 1.29 is 14.6 Å². The first-order valence-corrected chi connectivity index (χ1v) is 6.75. The highest BCUT2D eigenvalue weighted by atomic mass is 35.5. The zero-order valence-electron chi connectivity index (χ0n) is 11.0. The molecule has 0 radical (unpaired) electrons. The Bertz CT molecular complexity index is 565. The summed E-state index contributed by atoms with van der Waals surface area (Å²) in [6, 6.07) is 3.43. The summed E-state index contributed by atoms with van der Waals surface area (Å²) in [5.74, 6) is -0.903. The first-order chi connectivity index (χ1) is 9.63. The van der Waals surface area contributed by atoms with Crippen molar-refractivity contribution in [2.24, 2.45) is 4.99 Å². The van der Waals surface area contributed by atoms with Crippen molar-refractivity contribution in [1.82, 2.24) is 4.98 Å². The second-order valence-corrected chi connectivity index (χ2v) is 4.69. The summed E-state index contributed by atoms with van der Waals surface area (Å²) in [7, 11) is 0. The number of aliphatic hydroxyl groups is 1. The van der Waals surface area contributed by atoms with Gasteiger partial charge in [0.05, 0.1) is 18.2 Å². The fourth-order valence-electron chi connectivity index (χ4n) is 1.53. The Morgan fingerprint density at radius 2 is 2.40 bits per heavy atom. The third-order valence-electron chi connectivity index (χ3n) is 2.73. The molecule has 0 bridgehead atoms. The van der Waals surface area contributed by atoms with Crippen molar-refractivity contribution in [2.75, 3.05) is 6.61 Å². The summed E-state index contributed by atoms with van der Waals surface area (Å²) in [6.45, 7) is 1.91. The van der Waals surface area contributed by atoms with Crippen LogP contribution in [-0.2, 0) is 9.53 Å². The topological polar surface area (TPSA) is 71.8 Å². The number of esters is 1. The number of nitrogens with zero attached hydrogens (tertiary/aromatic N) is 2.